The standard InChI is InChI=1S/C8H10F3NO2/c1-6(8(9,10)11)7(14)12(2)4-3-5-13/h5H,1,3-4H2,2H3. The molecule has 6 heteroatoms. The fourth-order valence-electron chi connectivity index (χ4n) is 0.700. The summed E-state index contributed by atoms with van der Waals surface area (Å²) in [5.74, 6) is -1.21. The number of likely N-dealkylation sites (N-methyl/N-ethyl adjacent to an activating group) is 1. The van der Waals surface area contributed by atoms with Gasteiger partial charge in [-0.25, -0.2) is 0 Å². The van der Waals surface area contributed by atoms with Gasteiger partial charge in [-0.2, -0.15) is 13.2 Å². The number of hydrogen-bond donors (Lipinski definition) is 0. The van der Waals surface area contributed by atoms with Gasteiger partial charge in [-0.15, -0.1) is 0 Å². The lowest BCUT2D eigenvalue weighted by atomic mass is 10.2. The van der Waals surface area contributed by atoms with Crippen LogP contribution >= 0.6 is 0 Å². The average Bonchev–Trinajstić information content (AvgIpc) is 2.10. The van der Waals surface area contributed by atoms with Crippen LogP contribution in [0.1, 0.15) is 6.42 Å². The van der Waals surface area contributed by atoms with Crippen molar-refractivity contribution < 1.29 is 22.8 Å². The highest BCUT2D eigenvalue weighted by atomic mass is 19.4. The maximum atomic E-state index is 12.0. The van der Waals surface area contributed by atoms with E-state index in [0.29, 0.717) is 6.29 Å². The molecule has 80 valence electrons. The van der Waals surface area contributed by atoms with Crippen molar-refractivity contribution in [1.29, 1.82) is 0 Å². The summed E-state index contributed by atoms with van der Waals surface area (Å²) >= 11 is 0. The molecule has 0 aliphatic carbocycles. The molecule has 0 heterocycles. The van der Waals surface area contributed by atoms with Crippen LogP contribution in [-0.4, -0.2) is 36.9 Å². The van der Waals surface area contributed by atoms with E-state index in [-0.39, 0.29) is 13.0 Å². The number of carbonyl (C=O) groups excluding carboxylic acids is 2. The molecule has 0 saturated heterocycles. The van der Waals surface area contributed by atoms with Crippen LogP contribution in [0.3, 0.4) is 0 Å². The van der Waals surface area contributed by atoms with Crippen LogP contribution in [0.15, 0.2) is 12.2 Å². The zero-order valence-corrected chi connectivity index (χ0v) is 7.60. The number of alkyl halides is 3. The maximum absolute atomic E-state index is 12.0. The third-order valence-corrected chi connectivity index (χ3v) is 1.53. The van der Waals surface area contributed by atoms with Gasteiger partial charge in [-0.3, -0.25) is 4.79 Å². The van der Waals surface area contributed by atoms with E-state index in [1.807, 2.05) is 0 Å². The van der Waals surface area contributed by atoms with Gasteiger partial charge < -0.3 is 9.69 Å². The SMILES string of the molecule is C=C(C(=O)N(C)CCC=O)C(F)(F)F. The topological polar surface area (TPSA) is 37.4 Å². The summed E-state index contributed by atoms with van der Waals surface area (Å²) in [5, 5.41) is 0. The van der Waals surface area contributed by atoms with Crippen molar-refractivity contribution >= 4 is 12.2 Å². The first kappa shape index (κ1) is 12.7. The summed E-state index contributed by atoms with van der Waals surface area (Å²) in [4.78, 5) is 21.7. The Hall–Kier alpha value is -1.33. The van der Waals surface area contributed by atoms with Crippen molar-refractivity contribution in [2.75, 3.05) is 13.6 Å². The Morgan fingerprint density at radius 1 is 1.50 bits per heavy atom. The molecule has 0 aliphatic rings. The van der Waals surface area contributed by atoms with Crippen LogP contribution in [0, 0.1) is 0 Å². The van der Waals surface area contributed by atoms with Crippen molar-refractivity contribution in [3.8, 4) is 0 Å². The number of nitrogens with zero attached hydrogens (tertiary/aromatic N) is 1. The van der Waals surface area contributed by atoms with E-state index >= 15 is 0 Å². The Morgan fingerprint density at radius 3 is 2.36 bits per heavy atom. The second-order valence-corrected chi connectivity index (χ2v) is 2.66. The highest BCUT2D eigenvalue weighted by Gasteiger charge is 2.37. The third kappa shape index (κ3) is 3.59. The summed E-state index contributed by atoms with van der Waals surface area (Å²) in [7, 11) is 1.18. The second kappa shape index (κ2) is 4.78. The van der Waals surface area contributed by atoms with Gasteiger partial charge in [0.15, 0.2) is 0 Å². The minimum atomic E-state index is -4.72. The third-order valence-electron chi connectivity index (χ3n) is 1.53. The molecular weight excluding hydrogens is 199 g/mol. The average molecular weight is 209 g/mol. The monoisotopic (exact) mass is 209 g/mol. The van der Waals surface area contributed by atoms with Crippen LogP contribution in [0.2, 0.25) is 0 Å². The Balaban J connectivity index is 4.32. The number of amides is 1. The van der Waals surface area contributed by atoms with Crippen LogP contribution in [0.25, 0.3) is 0 Å². The molecule has 0 radical (unpaired) electrons. The van der Waals surface area contributed by atoms with Gasteiger partial charge in [0.25, 0.3) is 5.91 Å². The molecule has 0 saturated carbocycles. The number of hydrogen-bond acceptors (Lipinski definition) is 2. The molecule has 0 aromatic heterocycles. The summed E-state index contributed by atoms with van der Waals surface area (Å²) in [5.41, 5.74) is -1.43. The number of rotatable bonds is 4. The van der Waals surface area contributed by atoms with Gasteiger partial charge in [0.1, 0.15) is 11.9 Å². The second-order valence-electron chi connectivity index (χ2n) is 2.66. The zero-order valence-electron chi connectivity index (χ0n) is 7.60. The predicted molar refractivity (Wildman–Crippen MR) is 43.5 cm³/mol. The predicted octanol–water partition coefficient (Wildman–Crippen LogP) is 1.15. The summed E-state index contributed by atoms with van der Waals surface area (Å²) in [6.45, 7) is 2.61. The van der Waals surface area contributed by atoms with Gasteiger partial charge >= 0.3 is 6.18 Å². The Kier molecular flexibility index (Phi) is 4.33. The summed E-state index contributed by atoms with van der Waals surface area (Å²) in [6.07, 6.45) is -4.18. The van der Waals surface area contributed by atoms with Gasteiger partial charge in [-0.05, 0) is 0 Å². The molecule has 0 atom stereocenters. The molecule has 1 amide bonds. The lowest BCUT2D eigenvalue weighted by Gasteiger charge is -2.18. The molecule has 0 unspecified atom stereocenters. The molecule has 0 fully saturated rings. The van der Waals surface area contributed by atoms with Crippen molar-refractivity contribution in [3.05, 3.63) is 12.2 Å². The molecule has 3 nitrogen and oxygen atoms in total. The van der Waals surface area contributed by atoms with E-state index in [9.17, 15) is 22.8 Å². The highest BCUT2D eigenvalue weighted by molar-refractivity contribution is 5.93. The highest BCUT2D eigenvalue weighted by Crippen LogP contribution is 2.25. The Bertz CT molecular complexity index is 247. The molecule has 0 aromatic rings. The van der Waals surface area contributed by atoms with Gasteiger partial charge in [0.05, 0.1) is 0 Å². The molecule has 0 bridgehead atoms. The number of aldehydes is 1. The molecule has 0 aromatic carbocycles. The number of halogens is 3. The van der Waals surface area contributed by atoms with E-state index < -0.39 is 17.7 Å². The molecular formula is C8H10F3NO2. The van der Waals surface area contributed by atoms with Gasteiger partial charge in [0, 0.05) is 20.0 Å². The van der Waals surface area contributed by atoms with E-state index in [0.717, 1.165) is 4.90 Å². The molecule has 0 N–H and O–H groups in total. The van der Waals surface area contributed by atoms with E-state index in [2.05, 4.69) is 6.58 Å². The van der Waals surface area contributed by atoms with Crippen LogP contribution in [-0.2, 0) is 9.59 Å². The van der Waals surface area contributed by atoms with Gasteiger partial charge in [0.2, 0.25) is 0 Å². The fourth-order valence-corrected chi connectivity index (χ4v) is 0.700. The van der Waals surface area contributed by atoms with Gasteiger partial charge in [-0.1, -0.05) is 6.58 Å². The smallest absolute Gasteiger partial charge is 0.341 e. The zero-order chi connectivity index (χ0) is 11.4. The maximum Gasteiger partial charge on any atom is 0.421 e. The van der Waals surface area contributed by atoms with Crippen LogP contribution in [0.4, 0.5) is 13.2 Å². The largest absolute Gasteiger partial charge is 0.421 e. The van der Waals surface area contributed by atoms with Crippen LogP contribution in [0.5, 0.6) is 0 Å². The first-order chi connectivity index (χ1) is 6.30. The minimum absolute atomic E-state index is 0.00732. The fraction of sp³-hybridized carbons (Fsp3) is 0.500. The summed E-state index contributed by atoms with van der Waals surface area (Å²) < 4.78 is 35.9. The summed E-state index contributed by atoms with van der Waals surface area (Å²) in [6, 6.07) is 0. The van der Waals surface area contributed by atoms with Crippen molar-refractivity contribution in [1.82, 2.24) is 4.90 Å². The van der Waals surface area contributed by atoms with Crippen molar-refractivity contribution in [2.45, 2.75) is 12.6 Å². The quantitative estimate of drug-likeness (QED) is 0.514. The van der Waals surface area contributed by atoms with Crippen molar-refractivity contribution in [3.63, 3.8) is 0 Å². The number of carbonyl (C=O) groups is 2. The minimum Gasteiger partial charge on any atom is -0.341 e. The Morgan fingerprint density at radius 2 is 2.00 bits per heavy atom. The first-order valence-electron chi connectivity index (χ1n) is 3.76. The van der Waals surface area contributed by atoms with Crippen molar-refractivity contribution in [2.24, 2.45) is 0 Å². The molecule has 0 spiro atoms. The lowest BCUT2D eigenvalue weighted by Crippen LogP contribution is -2.33. The van der Waals surface area contributed by atoms with E-state index in [1.165, 1.54) is 7.05 Å². The lowest BCUT2D eigenvalue weighted by molar-refractivity contribution is -0.138. The molecule has 14 heavy (non-hydrogen) atoms. The van der Waals surface area contributed by atoms with E-state index in [4.69, 9.17) is 0 Å². The Labute approximate surface area is 79.2 Å². The first-order valence-corrected chi connectivity index (χ1v) is 3.76. The normalized spacial score (nSPS) is 10.9. The van der Waals surface area contributed by atoms with E-state index in [1.54, 1.807) is 0 Å². The molecule has 0 aliphatic heterocycles. The van der Waals surface area contributed by atoms with Crippen LogP contribution < -0.4 is 0 Å². The molecule has 0 rings (SSSR count).